The number of aromatic nitrogens is 2. The predicted octanol–water partition coefficient (Wildman–Crippen LogP) is 3.68. The van der Waals surface area contributed by atoms with Gasteiger partial charge in [0.2, 0.25) is 0 Å². The highest BCUT2D eigenvalue weighted by molar-refractivity contribution is 7.14. The van der Waals surface area contributed by atoms with E-state index in [4.69, 9.17) is 0 Å². The first-order valence-corrected chi connectivity index (χ1v) is 8.36. The van der Waals surface area contributed by atoms with Gasteiger partial charge < -0.3 is 9.88 Å². The van der Waals surface area contributed by atoms with Crippen LogP contribution in [0.4, 0.5) is 5.13 Å². The van der Waals surface area contributed by atoms with Gasteiger partial charge in [0.15, 0.2) is 5.13 Å². The van der Waals surface area contributed by atoms with Crippen molar-refractivity contribution >= 4 is 16.5 Å². The molecule has 0 saturated heterocycles. The minimum atomic E-state index is 0.0956. The van der Waals surface area contributed by atoms with Crippen molar-refractivity contribution in [2.75, 3.05) is 11.9 Å². The molecule has 0 radical (unpaired) electrons. The fraction of sp³-hybridized carbons (Fsp3) is 0.500. The number of anilines is 1. The Bertz CT molecular complexity index is 698. The summed E-state index contributed by atoms with van der Waals surface area (Å²) in [5.41, 5.74) is 2.63. The largest absolute Gasteiger partial charge is 0.361 e. The fourth-order valence-electron chi connectivity index (χ4n) is 2.40. The highest BCUT2D eigenvalue weighted by Crippen LogP contribution is 2.35. The summed E-state index contributed by atoms with van der Waals surface area (Å²) in [6.45, 7) is 7.22. The van der Waals surface area contributed by atoms with Crippen molar-refractivity contribution in [1.82, 2.24) is 9.55 Å². The molecule has 2 aromatic rings. The first-order chi connectivity index (χ1) is 10.1. The van der Waals surface area contributed by atoms with Crippen LogP contribution in [-0.4, -0.2) is 16.1 Å². The third kappa shape index (κ3) is 3.02. The minimum absolute atomic E-state index is 0.0956. The average Bonchev–Trinajstić information content (AvgIpc) is 3.15. The van der Waals surface area contributed by atoms with E-state index in [1.165, 1.54) is 0 Å². The third-order valence-corrected chi connectivity index (χ3v) is 4.47. The predicted molar refractivity (Wildman–Crippen MR) is 88.1 cm³/mol. The van der Waals surface area contributed by atoms with Crippen molar-refractivity contribution in [3.05, 3.63) is 33.6 Å². The van der Waals surface area contributed by atoms with Gasteiger partial charge in [-0.3, -0.25) is 4.79 Å². The summed E-state index contributed by atoms with van der Waals surface area (Å²) in [6, 6.07) is 4.32. The number of hydrogen-bond acceptors (Lipinski definition) is 4. The molecule has 0 bridgehead atoms. The molecule has 1 aliphatic rings. The molecule has 0 amide bonds. The number of thiazole rings is 1. The molecule has 1 fully saturated rings. The zero-order valence-electron chi connectivity index (χ0n) is 12.7. The maximum atomic E-state index is 12.7. The van der Waals surface area contributed by atoms with Crippen LogP contribution in [0.15, 0.2) is 22.3 Å². The molecule has 0 aliphatic heterocycles. The highest BCUT2D eigenvalue weighted by Gasteiger charge is 2.27. The van der Waals surface area contributed by atoms with Gasteiger partial charge in [-0.05, 0) is 37.8 Å². The van der Waals surface area contributed by atoms with Gasteiger partial charge in [0, 0.05) is 23.7 Å². The maximum absolute atomic E-state index is 12.7. The van der Waals surface area contributed by atoms with Gasteiger partial charge in [0.1, 0.15) is 0 Å². The fourth-order valence-corrected chi connectivity index (χ4v) is 3.12. The molecule has 0 aromatic carbocycles. The molecule has 1 saturated carbocycles. The van der Waals surface area contributed by atoms with Gasteiger partial charge in [-0.1, -0.05) is 13.8 Å². The second kappa shape index (κ2) is 5.64. The van der Waals surface area contributed by atoms with E-state index in [2.05, 4.69) is 24.1 Å². The molecule has 1 aliphatic carbocycles. The van der Waals surface area contributed by atoms with Gasteiger partial charge >= 0.3 is 0 Å². The summed E-state index contributed by atoms with van der Waals surface area (Å²) >= 11 is 1.56. The number of hydrogen-bond donors (Lipinski definition) is 1. The Balaban J connectivity index is 1.90. The molecule has 5 heteroatoms. The van der Waals surface area contributed by atoms with Gasteiger partial charge in [-0.25, -0.2) is 4.98 Å². The standard InChI is InChI=1S/C16H21N3OS/c1-10(2)8-17-16-18-14(9-21-16)13-7-4-11(3)19(15(13)20)12-5-6-12/h4,7,9-10,12H,5-6,8H2,1-3H3,(H,17,18). The summed E-state index contributed by atoms with van der Waals surface area (Å²) in [4.78, 5) is 17.2. The SMILES string of the molecule is Cc1ccc(-c2csc(NCC(C)C)n2)c(=O)n1C1CC1. The smallest absolute Gasteiger partial charge is 0.260 e. The van der Waals surface area contributed by atoms with Crippen LogP contribution < -0.4 is 10.9 Å². The first kappa shape index (κ1) is 14.3. The van der Waals surface area contributed by atoms with Crippen molar-refractivity contribution in [2.45, 2.75) is 39.7 Å². The minimum Gasteiger partial charge on any atom is -0.361 e. The topological polar surface area (TPSA) is 46.9 Å². The van der Waals surface area contributed by atoms with Gasteiger partial charge in [-0.2, -0.15) is 0 Å². The third-order valence-electron chi connectivity index (χ3n) is 3.67. The summed E-state index contributed by atoms with van der Waals surface area (Å²) < 4.78 is 1.93. The Hall–Kier alpha value is -1.62. The molecule has 0 atom stereocenters. The Morgan fingerprint density at radius 3 is 2.86 bits per heavy atom. The van der Waals surface area contributed by atoms with Crippen molar-refractivity contribution in [3.63, 3.8) is 0 Å². The van der Waals surface area contributed by atoms with E-state index in [0.29, 0.717) is 17.5 Å². The lowest BCUT2D eigenvalue weighted by molar-refractivity contribution is 0.683. The molecule has 0 spiro atoms. The molecule has 112 valence electrons. The summed E-state index contributed by atoms with van der Waals surface area (Å²) in [6.07, 6.45) is 2.23. The van der Waals surface area contributed by atoms with Crippen LogP contribution in [0, 0.1) is 12.8 Å². The van der Waals surface area contributed by atoms with Crippen LogP contribution in [0.1, 0.15) is 38.4 Å². The van der Waals surface area contributed by atoms with Crippen LogP contribution in [0.3, 0.4) is 0 Å². The quantitative estimate of drug-likeness (QED) is 0.916. The maximum Gasteiger partial charge on any atom is 0.260 e. The summed E-state index contributed by atoms with van der Waals surface area (Å²) in [7, 11) is 0. The molecule has 1 N–H and O–H groups in total. The molecule has 2 heterocycles. The highest BCUT2D eigenvalue weighted by atomic mass is 32.1. The second-order valence-corrected chi connectivity index (χ2v) is 6.97. The van der Waals surface area contributed by atoms with Crippen LogP contribution in [0.25, 0.3) is 11.3 Å². The van der Waals surface area contributed by atoms with E-state index in [1.807, 2.05) is 29.0 Å². The van der Waals surface area contributed by atoms with Crippen molar-refractivity contribution in [2.24, 2.45) is 5.92 Å². The average molecular weight is 303 g/mol. The van der Waals surface area contributed by atoms with E-state index in [1.54, 1.807) is 11.3 Å². The van der Waals surface area contributed by atoms with Crippen molar-refractivity contribution < 1.29 is 0 Å². The first-order valence-electron chi connectivity index (χ1n) is 7.48. The summed E-state index contributed by atoms with van der Waals surface area (Å²) in [5.74, 6) is 0.573. The van der Waals surface area contributed by atoms with E-state index in [0.717, 1.165) is 35.9 Å². The zero-order valence-corrected chi connectivity index (χ0v) is 13.5. The molecular formula is C16H21N3OS. The number of rotatable bonds is 5. The lowest BCUT2D eigenvalue weighted by atomic mass is 10.2. The number of nitrogens with zero attached hydrogens (tertiary/aromatic N) is 2. The van der Waals surface area contributed by atoms with E-state index >= 15 is 0 Å². The lowest BCUT2D eigenvalue weighted by Gasteiger charge is -2.09. The second-order valence-electron chi connectivity index (χ2n) is 6.11. The molecular weight excluding hydrogens is 282 g/mol. The molecule has 0 unspecified atom stereocenters. The Labute approximate surface area is 128 Å². The molecule has 4 nitrogen and oxygen atoms in total. The van der Waals surface area contributed by atoms with Crippen molar-refractivity contribution in [1.29, 1.82) is 0 Å². The molecule has 21 heavy (non-hydrogen) atoms. The lowest BCUT2D eigenvalue weighted by Crippen LogP contribution is -2.22. The van der Waals surface area contributed by atoms with Gasteiger partial charge in [-0.15, -0.1) is 11.3 Å². The van der Waals surface area contributed by atoms with E-state index in [-0.39, 0.29) is 5.56 Å². The van der Waals surface area contributed by atoms with Crippen LogP contribution in [0.5, 0.6) is 0 Å². The number of aryl methyl sites for hydroxylation is 1. The molecule has 3 rings (SSSR count). The normalized spacial score (nSPS) is 14.7. The van der Waals surface area contributed by atoms with Gasteiger partial charge in [0.05, 0.1) is 11.3 Å². The number of nitrogens with one attached hydrogen (secondary N) is 1. The monoisotopic (exact) mass is 303 g/mol. The molecule has 2 aromatic heterocycles. The number of pyridine rings is 1. The van der Waals surface area contributed by atoms with E-state index in [9.17, 15) is 4.79 Å². The van der Waals surface area contributed by atoms with Gasteiger partial charge in [0.25, 0.3) is 5.56 Å². The van der Waals surface area contributed by atoms with Crippen molar-refractivity contribution in [3.8, 4) is 11.3 Å². The zero-order chi connectivity index (χ0) is 15.0. The Morgan fingerprint density at radius 2 is 2.19 bits per heavy atom. The Morgan fingerprint density at radius 1 is 1.43 bits per heavy atom. The van der Waals surface area contributed by atoms with Crippen LogP contribution in [-0.2, 0) is 0 Å². The Kier molecular flexibility index (Phi) is 3.85. The van der Waals surface area contributed by atoms with Crippen LogP contribution >= 0.6 is 11.3 Å². The summed E-state index contributed by atoms with van der Waals surface area (Å²) in [5, 5.41) is 6.16. The van der Waals surface area contributed by atoms with Crippen LogP contribution in [0.2, 0.25) is 0 Å². The van der Waals surface area contributed by atoms with E-state index < -0.39 is 0 Å².